The van der Waals surface area contributed by atoms with Crippen molar-refractivity contribution in [3.63, 3.8) is 0 Å². The molecule has 2 N–H and O–H groups in total. The van der Waals surface area contributed by atoms with Gasteiger partial charge in [0.2, 0.25) is 0 Å². The maximum atomic E-state index is 11.6. The van der Waals surface area contributed by atoms with Gasteiger partial charge in [0, 0.05) is 18.0 Å². The number of rotatable bonds is 3. The number of hydrogen-bond donors (Lipinski definition) is 2. The molecule has 1 atom stereocenters. The van der Waals surface area contributed by atoms with Gasteiger partial charge < -0.3 is 10.4 Å². The summed E-state index contributed by atoms with van der Waals surface area (Å²) >= 11 is 0. The van der Waals surface area contributed by atoms with Gasteiger partial charge in [-0.15, -0.1) is 12.3 Å². The largest absolute Gasteiger partial charge is 0.508 e. The summed E-state index contributed by atoms with van der Waals surface area (Å²) in [4.78, 5) is 11.6. The van der Waals surface area contributed by atoms with E-state index in [9.17, 15) is 9.90 Å². The zero-order chi connectivity index (χ0) is 11.3. The van der Waals surface area contributed by atoms with E-state index < -0.39 is 0 Å². The number of benzene rings is 1. The van der Waals surface area contributed by atoms with Gasteiger partial charge in [0.15, 0.2) is 0 Å². The monoisotopic (exact) mass is 203 g/mol. The number of amides is 1. The summed E-state index contributed by atoms with van der Waals surface area (Å²) < 4.78 is 0. The molecular weight excluding hydrogens is 190 g/mol. The summed E-state index contributed by atoms with van der Waals surface area (Å²) in [6.45, 7) is 1.83. The van der Waals surface area contributed by atoms with Crippen molar-refractivity contribution in [1.82, 2.24) is 5.32 Å². The second-order valence-corrected chi connectivity index (χ2v) is 3.33. The molecule has 1 amide bonds. The average Bonchev–Trinajstić information content (AvgIpc) is 2.18. The van der Waals surface area contributed by atoms with Gasteiger partial charge in [-0.2, -0.15) is 0 Å². The fraction of sp³-hybridized carbons (Fsp3) is 0.250. The van der Waals surface area contributed by atoms with Crippen LogP contribution in [0.15, 0.2) is 24.3 Å². The van der Waals surface area contributed by atoms with Crippen LogP contribution in [0.2, 0.25) is 0 Å². The van der Waals surface area contributed by atoms with Gasteiger partial charge in [-0.25, -0.2) is 0 Å². The zero-order valence-corrected chi connectivity index (χ0v) is 8.53. The van der Waals surface area contributed by atoms with Crippen molar-refractivity contribution in [1.29, 1.82) is 0 Å². The highest BCUT2D eigenvalue weighted by atomic mass is 16.3. The van der Waals surface area contributed by atoms with Crippen LogP contribution >= 0.6 is 0 Å². The fourth-order valence-corrected chi connectivity index (χ4v) is 1.18. The first-order chi connectivity index (χ1) is 7.13. The number of terminal acetylenes is 1. The summed E-state index contributed by atoms with van der Waals surface area (Å²) in [6, 6.07) is 6.12. The summed E-state index contributed by atoms with van der Waals surface area (Å²) in [6.07, 6.45) is 5.62. The molecule has 0 aliphatic heterocycles. The highest BCUT2D eigenvalue weighted by Gasteiger charge is 2.08. The lowest BCUT2D eigenvalue weighted by Gasteiger charge is -2.10. The minimum Gasteiger partial charge on any atom is -0.508 e. The van der Waals surface area contributed by atoms with Crippen molar-refractivity contribution >= 4 is 5.91 Å². The number of carbonyl (C=O) groups is 1. The minimum atomic E-state index is -0.228. The molecule has 0 heterocycles. The standard InChI is InChI=1S/C12H13NO2/c1-3-5-9(2)13-12(15)10-6-4-7-11(14)8-10/h1,4,6-9,14H,5H2,2H3,(H,13,15). The molecule has 15 heavy (non-hydrogen) atoms. The van der Waals surface area contributed by atoms with Crippen LogP contribution in [-0.4, -0.2) is 17.1 Å². The Morgan fingerprint density at radius 3 is 3.00 bits per heavy atom. The first kappa shape index (κ1) is 11.1. The Morgan fingerprint density at radius 2 is 2.40 bits per heavy atom. The Labute approximate surface area is 89.1 Å². The average molecular weight is 203 g/mol. The van der Waals surface area contributed by atoms with Gasteiger partial charge in [-0.3, -0.25) is 4.79 Å². The van der Waals surface area contributed by atoms with E-state index in [0.717, 1.165) is 0 Å². The van der Waals surface area contributed by atoms with E-state index in [4.69, 9.17) is 6.42 Å². The van der Waals surface area contributed by atoms with E-state index in [2.05, 4.69) is 11.2 Å². The lowest BCUT2D eigenvalue weighted by Crippen LogP contribution is -2.32. The SMILES string of the molecule is C#CCC(C)NC(=O)c1cccc(O)c1. The van der Waals surface area contributed by atoms with Crippen LogP contribution in [0.4, 0.5) is 0 Å². The predicted octanol–water partition coefficient (Wildman–Crippen LogP) is 1.53. The lowest BCUT2D eigenvalue weighted by atomic mass is 10.1. The van der Waals surface area contributed by atoms with Crippen LogP contribution in [0.1, 0.15) is 23.7 Å². The second kappa shape index (κ2) is 5.06. The van der Waals surface area contributed by atoms with E-state index >= 15 is 0 Å². The third-order valence-corrected chi connectivity index (χ3v) is 1.91. The topological polar surface area (TPSA) is 49.3 Å². The molecule has 1 unspecified atom stereocenters. The molecule has 0 aliphatic carbocycles. The molecule has 1 aromatic carbocycles. The Morgan fingerprint density at radius 1 is 1.67 bits per heavy atom. The van der Waals surface area contributed by atoms with E-state index in [1.165, 1.54) is 12.1 Å². The fourth-order valence-electron chi connectivity index (χ4n) is 1.18. The smallest absolute Gasteiger partial charge is 0.251 e. The third-order valence-electron chi connectivity index (χ3n) is 1.91. The lowest BCUT2D eigenvalue weighted by molar-refractivity contribution is 0.0940. The molecule has 0 saturated heterocycles. The molecule has 3 heteroatoms. The van der Waals surface area contributed by atoms with Crippen LogP contribution < -0.4 is 5.32 Å². The molecular formula is C12H13NO2. The van der Waals surface area contributed by atoms with E-state index in [-0.39, 0.29) is 17.7 Å². The molecule has 0 saturated carbocycles. The van der Waals surface area contributed by atoms with Crippen molar-refractivity contribution in [3.05, 3.63) is 29.8 Å². The molecule has 0 bridgehead atoms. The predicted molar refractivity (Wildman–Crippen MR) is 58.5 cm³/mol. The Balaban J connectivity index is 2.66. The molecule has 3 nitrogen and oxygen atoms in total. The van der Waals surface area contributed by atoms with Gasteiger partial charge in [-0.1, -0.05) is 6.07 Å². The maximum absolute atomic E-state index is 11.6. The second-order valence-electron chi connectivity index (χ2n) is 3.33. The molecule has 1 aromatic rings. The number of nitrogens with one attached hydrogen (secondary N) is 1. The zero-order valence-electron chi connectivity index (χ0n) is 8.53. The first-order valence-electron chi connectivity index (χ1n) is 4.67. The molecule has 0 fully saturated rings. The van der Waals surface area contributed by atoms with Crippen molar-refractivity contribution < 1.29 is 9.90 Å². The van der Waals surface area contributed by atoms with Gasteiger partial charge in [0.05, 0.1) is 0 Å². The summed E-state index contributed by atoms with van der Waals surface area (Å²) in [5.74, 6) is 2.32. The Kier molecular flexibility index (Phi) is 3.75. The highest BCUT2D eigenvalue weighted by Crippen LogP contribution is 2.10. The number of phenols is 1. The van der Waals surface area contributed by atoms with Crippen LogP contribution in [0.5, 0.6) is 5.75 Å². The van der Waals surface area contributed by atoms with Crippen molar-refractivity contribution in [2.45, 2.75) is 19.4 Å². The third kappa shape index (κ3) is 3.35. The molecule has 0 spiro atoms. The Bertz CT molecular complexity index is 393. The molecule has 0 radical (unpaired) electrons. The number of phenolic OH excluding ortho intramolecular Hbond substituents is 1. The van der Waals surface area contributed by atoms with Crippen LogP contribution in [0.25, 0.3) is 0 Å². The first-order valence-corrected chi connectivity index (χ1v) is 4.67. The summed E-state index contributed by atoms with van der Waals surface area (Å²) in [5.41, 5.74) is 0.430. The minimum absolute atomic E-state index is 0.0650. The number of hydrogen-bond acceptors (Lipinski definition) is 2. The van der Waals surface area contributed by atoms with Crippen molar-refractivity contribution in [3.8, 4) is 18.1 Å². The highest BCUT2D eigenvalue weighted by molar-refractivity contribution is 5.94. The molecule has 0 aliphatic rings. The van der Waals surface area contributed by atoms with Gasteiger partial charge in [0.25, 0.3) is 5.91 Å². The van der Waals surface area contributed by atoms with E-state index in [1.807, 2.05) is 6.92 Å². The summed E-state index contributed by atoms with van der Waals surface area (Å²) in [7, 11) is 0. The van der Waals surface area contributed by atoms with E-state index in [0.29, 0.717) is 12.0 Å². The van der Waals surface area contributed by atoms with E-state index in [1.54, 1.807) is 12.1 Å². The molecule has 0 aromatic heterocycles. The Hall–Kier alpha value is -1.95. The number of carbonyl (C=O) groups excluding carboxylic acids is 1. The van der Waals surface area contributed by atoms with Crippen molar-refractivity contribution in [2.24, 2.45) is 0 Å². The van der Waals surface area contributed by atoms with Gasteiger partial charge in [0.1, 0.15) is 5.75 Å². The van der Waals surface area contributed by atoms with Crippen LogP contribution in [-0.2, 0) is 0 Å². The summed E-state index contributed by atoms with van der Waals surface area (Å²) in [5, 5.41) is 11.9. The van der Waals surface area contributed by atoms with Gasteiger partial charge >= 0.3 is 0 Å². The normalized spacial score (nSPS) is 11.5. The molecule has 78 valence electrons. The van der Waals surface area contributed by atoms with Crippen LogP contribution in [0.3, 0.4) is 0 Å². The quantitative estimate of drug-likeness (QED) is 0.732. The van der Waals surface area contributed by atoms with Crippen molar-refractivity contribution in [2.75, 3.05) is 0 Å². The van der Waals surface area contributed by atoms with Crippen LogP contribution in [0, 0.1) is 12.3 Å². The maximum Gasteiger partial charge on any atom is 0.251 e. The number of aromatic hydroxyl groups is 1. The van der Waals surface area contributed by atoms with Gasteiger partial charge in [-0.05, 0) is 25.1 Å². The molecule has 1 rings (SSSR count).